The zero-order valence-corrected chi connectivity index (χ0v) is 13.7. The highest BCUT2D eigenvalue weighted by molar-refractivity contribution is 5.93. The van der Waals surface area contributed by atoms with Gasteiger partial charge in [-0.1, -0.05) is 6.07 Å². The van der Waals surface area contributed by atoms with Crippen molar-refractivity contribution in [3.05, 3.63) is 42.4 Å². The Kier molecular flexibility index (Phi) is 6.53. The van der Waals surface area contributed by atoms with Gasteiger partial charge in [0, 0.05) is 25.5 Å². The van der Waals surface area contributed by atoms with E-state index in [0.717, 1.165) is 0 Å². The molecule has 1 fully saturated rings. The van der Waals surface area contributed by atoms with E-state index in [2.05, 4.69) is 10.1 Å². The van der Waals surface area contributed by atoms with Gasteiger partial charge in [0.1, 0.15) is 5.69 Å². The van der Waals surface area contributed by atoms with E-state index < -0.39 is 11.9 Å². The summed E-state index contributed by atoms with van der Waals surface area (Å²) in [6.07, 6.45) is 3.86. The summed E-state index contributed by atoms with van der Waals surface area (Å²) in [5, 5.41) is 13.1. The summed E-state index contributed by atoms with van der Waals surface area (Å²) in [7, 11) is 0. The zero-order chi connectivity index (χ0) is 14.8. The number of carbonyl (C=O) groups excluding carboxylic acids is 1. The molecule has 0 radical (unpaired) electrons. The van der Waals surface area contributed by atoms with Crippen LogP contribution in [0, 0.1) is 5.92 Å². The summed E-state index contributed by atoms with van der Waals surface area (Å²) in [6.45, 7) is 0.686. The molecule has 7 nitrogen and oxygen atoms in total. The number of aliphatic carboxylic acids is 1. The van der Waals surface area contributed by atoms with E-state index in [0.29, 0.717) is 24.5 Å². The van der Waals surface area contributed by atoms with Gasteiger partial charge in [0.25, 0.3) is 5.91 Å². The normalized spacial score (nSPS) is 16.3. The van der Waals surface area contributed by atoms with Gasteiger partial charge in [-0.05, 0) is 24.6 Å². The Hall–Kier alpha value is -2.12. The Bertz CT molecular complexity index is 678. The van der Waals surface area contributed by atoms with Crippen LogP contribution in [0.2, 0.25) is 0 Å². The van der Waals surface area contributed by atoms with Crippen molar-refractivity contribution in [2.24, 2.45) is 5.92 Å². The second kappa shape index (κ2) is 7.94. The Balaban J connectivity index is 0.00000132. The predicted molar refractivity (Wildman–Crippen MR) is 87.5 cm³/mol. The lowest BCUT2D eigenvalue weighted by Gasteiger charge is -2.15. The standard InChI is InChI=1S/C14H14N4O3.2ClH/c19-13(17-8-5-10(9-17)14(20)21)11-3-1-4-12(16-11)18-7-2-6-15-18;;/h1-4,6-7,10H,5,8-9H2,(H,20,21);2*1H. The lowest BCUT2D eigenvalue weighted by atomic mass is 10.1. The average Bonchev–Trinajstić information content (AvgIpc) is 3.18. The second-order valence-corrected chi connectivity index (χ2v) is 4.91. The summed E-state index contributed by atoms with van der Waals surface area (Å²) >= 11 is 0. The molecule has 1 amide bonds. The van der Waals surface area contributed by atoms with Gasteiger partial charge in [-0.25, -0.2) is 9.67 Å². The van der Waals surface area contributed by atoms with Crippen LogP contribution < -0.4 is 0 Å². The van der Waals surface area contributed by atoms with Gasteiger partial charge >= 0.3 is 5.97 Å². The number of likely N-dealkylation sites (tertiary alicyclic amines) is 1. The number of hydrogen-bond donors (Lipinski definition) is 1. The van der Waals surface area contributed by atoms with Crippen LogP contribution in [0.25, 0.3) is 5.82 Å². The minimum atomic E-state index is -0.858. The first kappa shape index (κ1) is 18.9. The Morgan fingerprint density at radius 3 is 2.61 bits per heavy atom. The molecule has 1 unspecified atom stereocenters. The number of carbonyl (C=O) groups is 2. The van der Waals surface area contributed by atoms with Crippen molar-refractivity contribution in [1.82, 2.24) is 19.7 Å². The van der Waals surface area contributed by atoms with Crippen molar-refractivity contribution < 1.29 is 14.7 Å². The molecule has 1 aliphatic heterocycles. The maximum atomic E-state index is 12.4. The van der Waals surface area contributed by atoms with Gasteiger partial charge in [0.15, 0.2) is 5.82 Å². The molecule has 1 N–H and O–H groups in total. The molecule has 0 saturated carbocycles. The summed E-state index contributed by atoms with van der Waals surface area (Å²) in [5.74, 6) is -1.03. The topological polar surface area (TPSA) is 88.3 Å². The number of nitrogens with zero attached hydrogens (tertiary/aromatic N) is 4. The van der Waals surface area contributed by atoms with Gasteiger partial charge in [0.2, 0.25) is 0 Å². The van der Waals surface area contributed by atoms with Crippen molar-refractivity contribution in [2.75, 3.05) is 13.1 Å². The Morgan fingerprint density at radius 1 is 1.22 bits per heavy atom. The van der Waals surface area contributed by atoms with E-state index >= 15 is 0 Å². The van der Waals surface area contributed by atoms with E-state index in [4.69, 9.17) is 5.11 Å². The van der Waals surface area contributed by atoms with Crippen molar-refractivity contribution in [3.8, 4) is 5.82 Å². The zero-order valence-electron chi connectivity index (χ0n) is 12.0. The highest BCUT2D eigenvalue weighted by Crippen LogP contribution is 2.18. The molecule has 0 aliphatic carbocycles. The molecular formula is C14H16Cl2N4O3. The van der Waals surface area contributed by atoms with Gasteiger partial charge in [0.05, 0.1) is 5.92 Å². The molecular weight excluding hydrogens is 343 g/mol. The molecule has 0 spiro atoms. The number of hydrogen-bond acceptors (Lipinski definition) is 4. The minimum absolute atomic E-state index is 0. The maximum absolute atomic E-state index is 12.4. The smallest absolute Gasteiger partial charge is 0.308 e. The summed E-state index contributed by atoms with van der Waals surface area (Å²) in [4.78, 5) is 29.2. The molecule has 2 aromatic rings. The van der Waals surface area contributed by atoms with Crippen LogP contribution >= 0.6 is 24.8 Å². The average molecular weight is 359 g/mol. The lowest BCUT2D eigenvalue weighted by Crippen LogP contribution is -2.30. The van der Waals surface area contributed by atoms with E-state index in [1.165, 1.54) is 4.90 Å². The van der Waals surface area contributed by atoms with Crippen LogP contribution in [0.4, 0.5) is 0 Å². The first-order chi connectivity index (χ1) is 10.1. The number of rotatable bonds is 3. The molecule has 3 rings (SSSR count). The molecule has 1 aliphatic rings. The van der Waals surface area contributed by atoms with E-state index in [1.54, 1.807) is 41.3 Å². The molecule has 1 saturated heterocycles. The first-order valence-electron chi connectivity index (χ1n) is 6.64. The number of halogens is 2. The van der Waals surface area contributed by atoms with Crippen LogP contribution in [-0.4, -0.2) is 49.7 Å². The van der Waals surface area contributed by atoms with Crippen LogP contribution in [0.15, 0.2) is 36.7 Å². The third kappa shape index (κ3) is 4.00. The summed E-state index contributed by atoms with van der Waals surface area (Å²) < 4.78 is 1.57. The van der Waals surface area contributed by atoms with E-state index in [-0.39, 0.29) is 37.3 Å². The van der Waals surface area contributed by atoms with E-state index in [9.17, 15) is 9.59 Å². The van der Waals surface area contributed by atoms with Crippen molar-refractivity contribution >= 4 is 36.7 Å². The second-order valence-electron chi connectivity index (χ2n) is 4.91. The molecule has 0 aromatic carbocycles. The van der Waals surface area contributed by atoms with Crippen LogP contribution in [0.5, 0.6) is 0 Å². The Morgan fingerprint density at radius 2 is 2.00 bits per heavy atom. The molecule has 124 valence electrons. The number of pyridine rings is 1. The van der Waals surface area contributed by atoms with Crippen molar-refractivity contribution in [2.45, 2.75) is 6.42 Å². The minimum Gasteiger partial charge on any atom is -0.481 e. The summed E-state index contributed by atoms with van der Waals surface area (Å²) in [5.41, 5.74) is 0.300. The monoisotopic (exact) mass is 358 g/mol. The Labute approximate surface area is 145 Å². The predicted octanol–water partition coefficient (Wildman–Crippen LogP) is 1.66. The molecule has 23 heavy (non-hydrogen) atoms. The van der Waals surface area contributed by atoms with Crippen LogP contribution in [0.1, 0.15) is 16.9 Å². The van der Waals surface area contributed by atoms with Crippen molar-refractivity contribution in [3.63, 3.8) is 0 Å². The molecule has 0 bridgehead atoms. The van der Waals surface area contributed by atoms with Crippen molar-refractivity contribution in [1.29, 1.82) is 0 Å². The number of carboxylic acids is 1. The third-order valence-electron chi connectivity index (χ3n) is 3.52. The summed E-state index contributed by atoms with van der Waals surface area (Å²) in [6, 6.07) is 6.90. The van der Waals surface area contributed by atoms with Gasteiger partial charge < -0.3 is 10.0 Å². The molecule has 3 heterocycles. The van der Waals surface area contributed by atoms with Crippen LogP contribution in [-0.2, 0) is 4.79 Å². The fraction of sp³-hybridized carbons (Fsp3) is 0.286. The van der Waals surface area contributed by atoms with Gasteiger partial charge in [-0.3, -0.25) is 9.59 Å². The molecule has 2 aromatic heterocycles. The molecule has 9 heteroatoms. The maximum Gasteiger partial charge on any atom is 0.308 e. The third-order valence-corrected chi connectivity index (χ3v) is 3.52. The number of aromatic nitrogens is 3. The fourth-order valence-electron chi connectivity index (χ4n) is 2.38. The van der Waals surface area contributed by atoms with Crippen LogP contribution in [0.3, 0.4) is 0 Å². The van der Waals surface area contributed by atoms with E-state index in [1.807, 2.05) is 0 Å². The number of amides is 1. The largest absolute Gasteiger partial charge is 0.481 e. The molecule has 1 atom stereocenters. The SMILES string of the molecule is Cl.Cl.O=C(O)C1CCN(C(=O)c2cccc(-n3cccn3)n2)C1. The fourth-order valence-corrected chi connectivity index (χ4v) is 2.38. The van der Waals surface area contributed by atoms with Gasteiger partial charge in [-0.15, -0.1) is 24.8 Å². The quantitative estimate of drug-likeness (QED) is 0.901. The highest BCUT2D eigenvalue weighted by atomic mass is 35.5. The number of carboxylic acid groups (broad SMARTS) is 1. The first-order valence-corrected chi connectivity index (χ1v) is 6.64. The highest BCUT2D eigenvalue weighted by Gasteiger charge is 2.31. The van der Waals surface area contributed by atoms with Gasteiger partial charge in [-0.2, -0.15) is 5.10 Å². The lowest BCUT2D eigenvalue weighted by molar-refractivity contribution is -0.141.